The molecule has 0 amide bonds. The first-order valence-corrected chi connectivity index (χ1v) is 8.02. The zero-order valence-corrected chi connectivity index (χ0v) is 13.0. The zero-order valence-electron chi connectivity index (χ0n) is 13.0. The summed E-state index contributed by atoms with van der Waals surface area (Å²) < 4.78 is 1.90. The summed E-state index contributed by atoms with van der Waals surface area (Å²) in [4.78, 5) is 10.9. The molecule has 0 saturated carbocycles. The minimum absolute atomic E-state index is 0.791. The molecule has 23 heavy (non-hydrogen) atoms. The van der Waals surface area contributed by atoms with Crippen LogP contribution in [0.5, 0.6) is 0 Å². The highest BCUT2D eigenvalue weighted by Gasteiger charge is 2.12. The van der Waals surface area contributed by atoms with Crippen LogP contribution >= 0.6 is 0 Å². The van der Waals surface area contributed by atoms with Gasteiger partial charge in [-0.25, -0.2) is 4.68 Å². The average Bonchev–Trinajstić information content (AvgIpc) is 3.28. The molecule has 5 nitrogen and oxygen atoms in total. The molecule has 0 radical (unpaired) electrons. The van der Waals surface area contributed by atoms with E-state index in [0.717, 1.165) is 23.6 Å². The Hall–Kier alpha value is -2.53. The van der Waals surface area contributed by atoms with Gasteiger partial charge in [0.05, 0.1) is 11.9 Å². The highest BCUT2D eigenvalue weighted by Crippen LogP contribution is 2.18. The third-order valence-corrected chi connectivity index (χ3v) is 4.19. The van der Waals surface area contributed by atoms with E-state index in [2.05, 4.69) is 44.2 Å². The van der Waals surface area contributed by atoms with Crippen LogP contribution in [0.3, 0.4) is 0 Å². The maximum Gasteiger partial charge on any atom is 0.113 e. The van der Waals surface area contributed by atoms with Crippen molar-refractivity contribution in [2.45, 2.75) is 19.4 Å². The normalized spacial score (nSPS) is 15.1. The van der Waals surface area contributed by atoms with Gasteiger partial charge in [-0.05, 0) is 49.7 Å². The highest BCUT2D eigenvalue weighted by atomic mass is 15.3. The second-order valence-electron chi connectivity index (χ2n) is 5.89. The van der Waals surface area contributed by atoms with Gasteiger partial charge in [0.2, 0.25) is 0 Å². The molecular weight excluding hydrogens is 286 g/mol. The molecule has 4 rings (SSSR count). The molecular formula is C18H19N5. The van der Waals surface area contributed by atoms with Gasteiger partial charge in [-0.1, -0.05) is 12.1 Å². The lowest BCUT2D eigenvalue weighted by Crippen LogP contribution is -2.18. The SMILES string of the molecule is c1cc(CN2CCCC2)cc(-n2ccc(-c3cnccn3)n2)c1. The molecule has 0 spiro atoms. The number of likely N-dealkylation sites (tertiary alicyclic amines) is 1. The number of hydrogen-bond acceptors (Lipinski definition) is 4. The molecule has 0 atom stereocenters. The van der Waals surface area contributed by atoms with Gasteiger partial charge in [-0.15, -0.1) is 0 Å². The summed E-state index contributed by atoms with van der Waals surface area (Å²) in [5.41, 5.74) is 4.04. The smallest absolute Gasteiger partial charge is 0.113 e. The lowest BCUT2D eigenvalue weighted by molar-refractivity contribution is 0.331. The fourth-order valence-electron chi connectivity index (χ4n) is 3.03. The van der Waals surface area contributed by atoms with Gasteiger partial charge in [0.15, 0.2) is 0 Å². The van der Waals surface area contributed by atoms with Crippen LogP contribution in [0.25, 0.3) is 17.1 Å². The van der Waals surface area contributed by atoms with E-state index in [1.54, 1.807) is 18.6 Å². The summed E-state index contributed by atoms with van der Waals surface area (Å²) >= 11 is 0. The summed E-state index contributed by atoms with van der Waals surface area (Å²) in [7, 11) is 0. The fraction of sp³-hybridized carbons (Fsp3) is 0.278. The van der Waals surface area contributed by atoms with Gasteiger partial charge in [-0.2, -0.15) is 5.10 Å². The molecule has 0 unspecified atom stereocenters. The van der Waals surface area contributed by atoms with Gasteiger partial charge >= 0.3 is 0 Å². The average molecular weight is 305 g/mol. The van der Waals surface area contributed by atoms with Gasteiger partial charge < -0.3 is 0 Å². The summed E-state index contributed by atoms with van der Waals surface area (Å²) in [6.45, 7) is 3.44. The van der Waals surface area contributed by atoms with Crippen molar-refractivity contribution in [1.82, 2.24) is 24.6 Å². The van der Waals surface area contributed by atoms with Crippen molar-refractivity contribution in [1.29, 1.82) is 0 Å². The third-order valence-electron chi connectivity index (χ3n) is 4.19. The van der Waals surface area contributed by atoms with Crippen molar-refractivity contribution >= 4 is 0 Å². The second-order valence-corrected chi connectivity index (χ2v) is 5.89. The number of benzene rings is 1. The molecule has 0 bridgehead atoms. The molecule has 5 heteroatoms. The van der Waals surface area contributed by atoms with Crippen LogP contribution in [0.15, 0.2) is 55.1 Å². The Morgan fingerprint density at radius 2 is 1.91 bits per heavy atom. The number of rotatable bonds is 4. The molecule has 1 aromatic carbocycles. The van der Waals surface area contributed by atoms with Gasteiger partial charge in [0.1, 0.15) is 11.4 Å². The van der Waals surface area contributed by atoms with E-state index in [0.29, 0.717) is 0 Å². The van der Waals surface area contributed by atoms with Crippen molar-refractivity contribution in [2.24, 2.45) is 0 Å². The predicted octanol–water partition coefficient (Wildman–Crippen LogP) is 2.93. The Labute approximate surface area is 135 Å². The quantitative estimate of drug-likeness (QED) is 0.743. The summed E-state index contributed by atoms with van der Waals surface area (Å²) in [5.74, 6) is 0. The van der Waals surface area contributed by atoms with Gasteiger partial charge in [0, 0.05) is 25.1 Å². The first kappa shape index (κ1) is 14.1. The summed E-state index contributed by atoms with van der Waals surface area (Å²) in [6, 6.07) is 10.6. The Morgan fingerprint density at radius 1 is 1.00 bits per heavy atom. The van der Waals surface area contributed by atoms with Crippen molar-refractivity contribution in [3.63, 3.8) is 0 Å². The number of hydrogen-bond donors (Lipinski definition) is 0. The summed E-state index contributed by atoms with van der Waals surface area (Å²) in [6.07, 6.45) is 9.70. The molecule has 2 aromatic heterocycles. The van der Waals surface area contributed by atoms with Crippen LogP contribution in [-0.4, -0.2) is 37.7 Å². The van der Waals surface area contributed by atoms with E-state index in [9.17, 15) is 0 Å². The van der Waals surface area contributed by atoms with Crippen LogP contribution in [0.1, 0.15) is 18.4 Å². The third kappa shape index (κ3) is 3.14. The Balaban J connectivity index is 1.57. The minimum Gasteiger partial charge on any atom is -0.299 e. The fourth-order valence-corrected chi connectivity index (χ4v) is 3.03. The standard InChI is InChI=1S/C18H19N5/c1-2-10-22(9-1)14-15-4-3-5-16(12-15)23-11-6-17(21-23)18-13-19-7-8-20-18/h3-8,11-13H,1-2,9-10,14H2. The second kappa shape index (κ2) is 6.30. The number of aromatic nitrogens is 4. The van der Waals surface area contributed by atoms with E-state index in [-0.39, 0.29) is 0 Å². The molecule has 3 aromatic rings. The molecule has 1 saturated heterocycles. The van der Waals surface area contributed by atoms with Crippen LogP contribution in [0.4, 0.5) is 0 Å². The van der Waals surface area contributed by atoms with Crippen molar-refractivity contribution in [2.75, 3.05) is 13.1 Å². The maximum absolute atomic E-state index is 4.62. The Bertz CT molecular complexity index is 775. The molecule has 1 aliphatic heterocycles. The van der Waals surface area contributed by atoms with E-state index >= 15 is 0 Å². The van der Waals surface area contributed by atoms with Crippen molar-refractivity contribution in [3.05, 3.63) is 60.7 Å². The molecule has 0 N–H and O–H groups in total. The van der Waals surface area contributed by atoms with Crippen LogP contribution in [0, 0.1) is 0 Å². The van der Waals surface area contributed by atoms with Crippen molar-refractivity contribution < 1.29 is 0 Å². The van der Waals surface area contributed by atoms with Crippen molar-refractivity contribution in [3.8, 4) is 17.1 Å². The number of nitrogens with zero attached hydrogens (tertiary/aromatic N) is 5. The largest absolute Gasteiger partial charge is 0.299 e. The molecule has 1 fully saturated rings. The highest BCUT2D eigenvalue weighted by molar-refractivity contribution is 5.52. The van der Waals surface area contributed by atoms with Crippen LogP contribution in [-0.2, 0) is 6.54 Å². The first-order valence-electron chi connectivity index (χ1n) is 8.02. The Morgan fingerprint density at radius 3 is 2.74 bits per heavy atom. The monoisotopic (exact) mass is 305 g/mol. The van der Waals surface area contributed by atoms with Gasteiger partial charge in [0.25, 0.3) is 0 Å². The van der Waals surface area contributed by atoms with E-state index in [1.165, 1.54) is 31.5 Å². The molecule has 3 heterocycles. The molecule has 1 aliphatic rings. The van der Waals surface area contributed by atoms with Crippen LogP contribution in [0.2, 0.25) is 0 Å². The zero-order chi connectivity index (χ0) is 15.5. The van der Waals surface area contributed by atoms with E-state index in [1.807, 2.05) is 16.9 Å². The maximum atomic E-state index is 4.62. The minimum atomic E-state index is 0.791. The topological polar surface area (TPSA) is 46.8 Å². The lowest BCUT2D eigenvalue weighted by atomic mass is 10.2. The molecule has 0 aliphatic carbocycles. The van der Waals surface area contributed by atoms with E-state index in [4.69, 9.17) is 0 Å². The lowest BCUT2D eigenvalue weighted by Gasteiger charge is -2.15. The van der Waals surface area contributed by atoms with E-state index < -0.39 is 0 Å². The molecule has 116 valence electrons. The Kier molecular flexibility index (Phi) is 3.86. The first-order chi connectivity index (χ1) is 11.4. The summed E-state index contributed by atoms with van der Waals surface area (Å²) in [5, 5.41) is 4.62. The predicted molar refractivity (Wildman–Crippen MR) is 89.1 cm³/mol. The van der Waals surface area contributed by atoms with Gasteiger partial charge in [-0.3, -0.25) is 14.9 Å². The van der Waals surface area contributed by atoms with Crippen LogP contribution < -0.4 is 0 Å².